The van der Waals surface area contributed by atoms with Crippen molar-refractivity contribution in [3.8, 4) is 5.75 Å². The zero-order chi connectivity index (χ0) is 16.6. The molecule has 0 radical (unpaired) electrons. The molecule has 3 rings (SSSR count). The van der Waals surface area contributed by atoms with Gasteiger partial charge in [-0.15, -0.1) is 0 Å². The maximum absolute atomic E-state index is 13.4. The summed E-state index contributed by atoms with van der Waals surface area (Å²) in [6.07, 6.45) is 3.03. The molecule has 0 spiro atoms. The molecule has 2 atom stereocenters. The minimum Gasteiger partial charge on any atom is -0.508 e. The summed E-state index contributed by atoms with van der Waals surface area (Å²) in [7, 11) is 0. The molecule has 122 valence electrons. The van der Waals surface area contributed by atoms with E-state index in [1.54, 1.807) is 6.07 Å². The molecule has 2 nitrogen and oxygen atoms in total. The first kappa shape index (κ1) is 16.0. The van der Waals surface area contributed by atoms with E-state index in [4.69, 9.17) is 0 Å². The van der Waals surface area contributed by atoms with E-state index >= 15 is 0 Å². The number of rotatable bonds is 3. The third-order valence-corrected chi connectivity index (χ3v) is 4.81. The number of nitrogens with one attached hydrogen (secondary N) is 1. The zero-order valence-corrected chi connectivity index (χ0v) is 14.0. The molecule has 0 unspecified atom stereocenters. The number of fused-ring (bicyclic) bond motifs is 1. The molecule has 1 aliphatic rings. The molecule has 2 N–H and O–H groups in total. The van der Waals surface area contributed by atoms with Crippen LogP contribution in [-0.4, -0.2) is 5.11 Å². The number of hydrogen-bond acceptors (Lipinski definition) is 2. The van der Waals surface area contributed by atoms with Crippen LogP contribution in [0.2, 0.25) is 0 Å². The second-order valence-electron chi connectivity index (χ2n) is 6.69. The molecule has 23 heavy (non-hydrogen) atoms. The van der Waals surface area contributed by atoms with Crippen LogP contribution in [0.5, 0.6) is 5.75 Å². The van der Waals surface area contributed by atoms with E-state index in [0.717, 1.165) is 41.5 Å². The Morgan fingerprint density at radius 1 is 1.22 bits per heavy atom. The first-order chi connectivity index (χ1) is 11.0. The average Bonchev–Trinajstić information content (AvgIpc) is 2.46. The van der Waals surface area contributed by atoms with Crippen LogP contribution in [0, 0.1) is 19.7 Å². The van der Waals surface area contributed by atoms with Gasteiger partial charge in [-0.3, -0.25) is 0 Å². The molecule has 0 fully saturated rings. The van der Waals surface area contributed by atoms with Crippen molar-refractivity contribution < 1.29 is 9.50 Å². The number of phenols is 1. The molecule has 2 aromatic rings. The van der Waals surface area contributed by atoms with E-state index in [9.17, 15) is 9.50 Å². The number of aromatic hydroxyl groups is 1. The van der Waals surface area contributed by atoms with Crippen molar-refractivity contribution in [2.24, 2.45) is 0 Å². The van der Waals surface area contributed by atoms with Crippen molar-refractivity contribution in [3.63, 3.8) is 0 Å². The van der Waals surface area contributed by atoms with Gasteiger partial charge in [0.25, 0.3) is 0 Å². The normalized spacial score (nSPS) is 18.5. The Bertz CT molecular complexity index is 703. The smallest absolute Gasteiger partial charge is 0.123 e. The largest absolute Gasteiger partial charge is 0.508 e. The summed E-state index contributed by atoms with van der Waals surface area (Å²) in [6, 6.07) is 9.24. The second-order valence-corrected chi connectivity index (χ2v) is 6.69. The van der Waals surface area contributed by atoms with Crippen LogP contribution in [0.4, 0.5) is 4.39 Å². The fraction of sp³-hybridized carbons (Fsp3) is 0.400. The van der Waals surface area contributed by atoms with Crippen LogP contribution in [0.15, 0.2) is 30.3 Å². The summed E-state index contributed by atoms with van der Waals surface area (Å²) in [4.78, 5) is 0. The van der Waals surface area contributed by atoms with Gasteiger partial charge in [-0.2, -0.15) is 0 Å². The van der Waals surface area contributed by atoms with Gasteiger partial charge in [0.15, 0.2) is 0 Å². The van der Waals surface area contributed by atoms with E-state index in [-0.39, 0.29) is 17.9 Å². The Kier molecular flexibility index (Phi) is 4.40. The highest BCUT2D eigenvalue weighted by molar-refractivity contribution is 5.44. The third-order valence-electron chi connectivity index (χ3n) is 4.81. The summed E-state index contributed by atoms with van der Waals surface area (Å²) in [5.41, 5.74) is 5.40. The van der Waals surface area contributed by atoms with Gasteiger partial charge in [0.2, 0.25) is 0 Å². The fourth-order valence-electron chi connectivity index (χ4n) is 3.86. The summed E-state index contributed by atoms with van der Waals surface area (Å²) in [6.45, 7) is 6.10. The van der Waals surface area contributed by atoms with Crippen molar-refractivity contribution in [2.45, 2.75) is 52.1 Å². The lowest BCUT2D eigenvalue weighted by Gasteiger charge is -2.30. The highest BCUT2D eigenvalue weighted by Crippen LogP contribution is 2.35. The van der Waals surface area contributed by atoms with Crippen molar-refractivity contribution >= 4 is 0 Å². The van der Waals surface area contributed by atoms with E-state index in [2.05, 4.69) is 18.3 Å². The molecular weight excluding hydrogens is 289 g/mol. The minimum atomic E-state index is -0.163. The highest BCUT2D eigenvalue weighted by Gasteiger charge is 2.24. The zero-order valence-electron chi connectivity index (χ0n) is 14.0. The summed E-state index contributed by atoms with van der Waals surface area (Å²) < 4.78 is 13.4. The number of phenolic OH excluding ortho intramolecular Hbond substituents is 1. The molecule has 0 bridgehead atoms. The molecule has 0 saturated heterocycles. The quantitative estimate of drug-likeness (QED) is 0.846. The number of halogens is 1. The van der Waals surface area contributed by atoms with Crippen LogP contribution in [0.1, 0.15) is 59.7 Å². The number of hydrogen-bond donors (Lipinski definition) is 2. The van der Waals surface area contributed by atoms with Gasteiger partial charge in [-0.25, -0.2) is 4.39 Å². The van der Waals surface area contributed by atoms with Gasteiger partial charge in [0, 0.05) is 17.6 Å². The van der Waals surface area contributed by atoms with Crippen LogP contribution >= 0.6 is 0 Å². The Morgan fingerprint density at radius 3 is 2.74 bits per heavy atom. The highest BCUT2D eigenvalue weighted by atomic mass is 19.1. The van der Waals surface area contributed by atoms with Crippen molar-refractivity contribution in [1.82, 2.24) is 5.32 Å². The van der Waals surface area contributed by atoms with E-state index in [1.807, 2.05) is 26.0 Å². The summed E-state index contributed by atoms with van der Waals surface area (Å²) in [5.74, 6) is 0.183. The lowest BCUT2D eigenvalue weighted by Crippen LogP contribution is -2.28. The van der Waals surface area contributed by atoms with Crippen LogP contribution in [-0.2, 0) is 6.42 Å². The molecule has 0 aromatic heterocycles. The van der Waals surface area contributed by atoms with Crippen molar-refractivity contribution in [2.75, 3.05) is 0 Å². The van der Waals surface area contributed by atoms with E-state index in [1.165, 1.54) is 11.6 Å². The first-order valence-corrected chi connectivity index (χ1v) is 8.30. The van der Waals surface area contributed by atoms with Gasteiger partial charge >= 0.3 is 0 Å². The molecule has 0 heterocycles. The molecular formula is C20H24FNO. The maximum Gasteiger partial charge on any atom is 0.123 e. The van der Waals surface area contributed by atoms with Crippen LogP contribution in [0.25, 0.3) is 0 Å². The minimum absolute atomic E-state index is 0.0385. The Morgan fingerprint density at radius 2 is 2.00 bits per heavy atom. The van der Waals surface area contributed by atoms with Gasteiger partial charge in [-0.1, -0.05) is 12.1 Å². The molecule has 3 heteroatoms. The summed E-state index contributed by atoms with van der Waals surface area (Å²) >= 11 is 0. The Labute approximate surface area is 137 Å². The average molecular weight is 313 g/mol. The topological polar surface area (TPSA) is 32.3 Å². The van der Waals surface area contributed by atoms with E-state index in [0.29, 0.717) is 5.75 Å². The number of aryl methyl sites for hydroxylation is 3. The number of benzene rings is 2. The fourth-order valence-corrected chi connectivity index (χ4v) is 3.86. The molecule has 0 saturated carbocycles. The van der Waals surface area contributed by atoms with Crippen molar-refractivity contribution in [1.29, 1.82) is 0 Å². The van der Waals surface area contributed by atoms with Gasteiger partial charge < -0.3 is 10.4 Å². The monoisotopic (exact) mass is 313 g/mol. The molecule has 0 amide bonds. The molecule has 0 aliphatic heterocycles. The lowest BCUT2D eigenvalue weighted by molar-refractivity contribution is 0.398. The van der Waals surface area contributed by atoms with Gasteiger partial charge in [-0.05, 0) is 80.5 Å². The van der Waals surface area contributed by atoms with E-state index < -0.39 is 0 Å². The Hall–Kier alpha value is -1.87. The third kappa shape index (κ3) is 3.25. The Balaban J connectivity index is 1.86. The van der Waals surface area contributed by atoms with Crippen LogP contribution < -0.4 is 5.32 Å². The predicted octanol–water partition coefficient (Wildman–Crippen LogP) is 4.88. The van der Waals surface area contributed by atoms with Gasteiger partial charge in [0.05, 0.1) is 0 Å². The van der Waals surface area contributed by atoms with Crippen LogP contribution in [0.3, 0.4) is 0 Å². The second kappa shape index (κ2) is 6.32. The SMILES string of the molecule is Cc1cc(C)c([C@@H](C)N[C@@H]2CCCc3cc(F)ccc32)c(O)c1. The lowest BCUT2D eigenvalue weighted by atomic mass is 9.86. The van der Waals surface area contributed by atoms with Crippen molar-refractivity contribution in [3.05, 3.63) is 64.0 Å². The summed E-state index contributed by atoms with van der Waals surface area (Å²) in [5, 5.41) is 13.9. The standard InChI is InChI=1S/C20H24FNO/c1-12-9-13(2)20(19(23)10-12)14(3)22-18-6-4-5-15-11-16(21)7-8-17(15)18/h7-11,14,18,22-23H,4-6H2,1-3H3/t14-,18-/m1/s1. The maximum atomic E-state index is 13.4. The molecule has 2 aromatic carbocycles. The first-order valence-electron chi connectivity index (χ1n) is 8.30. The predicted molar refractivity (Wildman–Crippen MR) is 91.2 cm³/mol. The molecule has 1 aliphatic carbocycles. The van der Waals surface area contributed by atoms with Gasteiger partial charge in [0.1, 0.15) is 11.6 Å².